The van der Waals surface area contributed by atoms with Gasteiger partial charge in [-0.2, -0.15) is 0 Å². The Balaban J connectivity index is 1.51. The maximum absolute atomic E-state index is 10.8. The van der Waals surface area contributed by atoms with Gasteiger partial charge >= 0.3 is 0 Å². The van der Waals surface area contributed by atoms with Crippen LogP contribution in [0.4, 0.5) is 0 Å². The Kier molecular flexibility index (Phi) is 8.17. The molecule has 0 aromatic heterocycles. The summed E-state index contributed by atoms with van der Waals surface area (Å²) in [5.41, 5.74) is 3.15. The van der Waals surface area contributed by atoms with E-state index in [0.29, 0.717) is 19.8 Å². The van der Waals surface area contributed by atoms with E-state index in [1.165, 1.54) is 0 Å². The van der Waals surface area contributed by atoms with Gasteiger partial charge < -0.3 is 19.3 Å². The molecule has 1 aliphatic rings. The number of aliphatic hydroxyl groups is 1. The summed E-state index contributed by atoms with van der Waals surface area (Å²) in [6.07, 6.45) is -0.586. The molecule has 4 rings (SSSR count). The highest BCUT2D eigenvalue weighted by atomic mass is 16.6. The number of benzene rings is 3. The highest BCUT2D eigenvalue weighted by molar-refractivity contribution is 5.65. The summed E-state index contributed by atoms with van der Waals surface area (Å²) >= 11 is 0. The number of hydrogen-bond donors (Lipinski definition) is 1. The third-order valence-electron chi connectivity index (χ3n) is 5.43. The second kappa shape index (κ2) is 11.7. The maximum atomic E-state index is 10.8. The van der Waals surface area contributed by atoms with Crippen molar-refractivity contribution in [1.82, 2.24) is 0 Å². The SMILES string of the molecule is O[C@@H]1CN=C[C@H](OCc2ccccc2)[C@@H](OCc2ccccc2)[C@@H]1OCc1ccccc1. The highest BCUT2D eigenvalue weighted by Gasteiger charge is 2.38. The molecule has 0 saturated carbocycles. The molecule has 32 heavy (non-hydrogen) atoms. The molecule has 0 bridgehead atoms. The summed E-state index contributed by atoms with van der Waals surface area (Å²) in [6, 6.07) is 29.9. The second-order valence-electron chi connectivity index (χ2n) is 7.87. The van der Waals surface area contributed by atoms with Crippen LogP contribution in [0.25, 0.3) is 0 Å². The van der Waals surface area contributed by atoms with Gasteiger partial charge in [-0.3, -0.25) is 4.99 Å². The molecule has 166 valence electrons. The number of hydrogen-bond acceptors (Lipinski definition) is 5. The molecule has 0 spiro atoms. The first kappa shape index (κ1) is 22.4. The molecule has 1 heterocycles. The lowest BCUT2D eigenvalue weighted by molar-refractivity contribution is -0.159. The van der Waals surface area contributed by atoms with Crippen LogP contribution in [0, 0.1) is 0 Å². The Morgan fingerprint density at radius 2 is 1.06 bits per heavy atom. The molecule has 5 heteroatoms. The van der Waals surface area contributed by atoms with Crippen molar-refractivity contribution in [2.24, 2.45) is 4.99 Å². The third kappa shape index (κ3) is 6.34. The molecule has 0 radical (unpaired) electrons. The first-order valence-electron chi connectivity index (χ1n) is 10.9. The maximum Gasteiger partial charge on any atom is 0.121 e. The summed E-state index contributed by atoms with van der Waals surface area (Å²) in [6.45, 7) is 1.43. The van der Waals surface area contributed by atoms with E-state index in [0.717, 1.165) is 16.7 Å². The summed E-state index contributed by atoms with van der Waals surface area (Å²) in [4.78, 5) is 4.40. The topological polar surface area (TPSA) is 60.3 Å². The summed E-state index contributed by atoms with van der Waals surface area (Å²) in [7, 11) is 0. The minimum Gasteiger partial charge on any atom is -0.388 e. The van der Waals surface area contributed by atoms with Gasteiger partial charge in [-0.05, 0) is 16.7 Å². The molecule has 1 N–H and O–H groups in total. The zero-order chi connectivity index (χ0) is 22.0. The van der Waals surface area contributed by atoms with Crippen molar-refractivity contribution in [2.45, 2.75) is 44.2 Å². The largest absolute Gasteiger partial charge is 0.388 e. The van der Waals surface area contributed by atoms with Crippen LogP contribution in [-0.2, 0) is 34.0 Å². The van der Waals surface area contributed by atoms with Crippen molar-refractivity contribution in [3.8, 4) is 0 Å². The molecule has 5 nitrogen and oxygen atoms in total. The smallest absolute Gasteiger partial charge is 0.121 e. The highest BCUT2D eigenvalue weighted by Crippen LogP contribution is 2.22. The Labute approximate surface area is 189 Å². The number of aliphatic imine (C=N–C) groups is 1. The lowest BCUT2D eigenvalue weighted by Crippen LogP contribution is -2.48. The molecule has 0 saturated heterocycles. The normalized spacial score (nSPS) is 23.0. The Hall–Kier alpha value is -2.83. The van der Waals surface area contributed by atoms with E-state index in [9.17, 15) is 5.11 Å². The average Bonchev–Trinajstić information content (AvgIpc) is 3.00. The predicted octanol–water partition coefficient (Wildman–Crippen LogP) is 4.19. The van der Waals surface area contributed by atoms with E-state index >= 15 is 0 Å². The number of nitrogens with zero attached hydrogens (tertiary/aromatic N) is 1. The molecule has 0 aliphatic carbocycles. The van der Waals surface area contributed by atoms with Gasteiger partial charge in [-0.15, -0.1) is 0 Å². The van der Waals surface area contributed by atoms with E-state index < -0.39 is 24.4 Å². The molecule has 4 atom stereocenters. The van der Waals surface area contributed by atoms with Crippen LogP contribution in [-0.4, -0.2) is 42.3 Å². The predicted molar refractivity (Wildman–Crippen MR) is 124 cm³/mol. The van der Waals surface area contributed by atoms with Crippen LogP contribution < -0.4 is 0 Å². The first-order valence-corrected chi connectivity index (χ1v) is 10.9. The van der Waals surface area contributed by atoms with Crippen molar-refractivity contribution in [3.05, 3.63) is 108 Å². The van der Waals surface area contributed by atoms with Crippen LogP contribution in [0.1, 0.15) is 16.7 Å². The molecule has 0 fully saturated rings. The van der Waals surface area contributed by atoms with Gasteiger partial charge in [0, 0.05) is 6.21 Å². The quantitative estimate of drug-likeness (QED) is 0.552. The van der Waals surface area contributed by atoms with Crippen LogP contribution in [0.15, 0.2) is 96.0 Å². The van der Waals surface area contributed by atoms with Crippen LogP contribution >= 0.6 is 0 Å². The van der Waals surface area contributed by atoms with Gasteiger partial charge in [0.1, 0.15) is 24.4 Å². The minimum absolute atomic E-state index is 0.246. The molecular formula is C27H29NO4. The van der Waals surface area contributed by atoms with Crippen LogP contribution in [0.3, 0.4) is 0 Å². The summed E-state index contributed by atoms with van der Waals surface area (Å²) in [5.74, 6) is 0. The van der Waals surface area contributed by atoms with Crippen molar-refractivity contribution in [3.63, 3.8) is 0 Å². The lowest BCUT2D eigenvalue weighted by atomic mass is 10.0. The van der Waals surface area contributed by atoms with E-state index in [-0.39, 0.29) is 6.54 Å². The lowest BCUT2D eigenvalue weighted by Gasteiger charge is -2.32. The van der Waals surface area contributed by atoms with E-state index in [2.05, 4.69) is 4.99 Å². The monoisotopic (exact) mass is 431 g/mol. The summed E-state index contributed by atoms with van der Waals surface area (Å²) < 4.78 is 18.7. The van der Waals surface area contributed by atoms with Crippen molar-refractivity contribution in [1.29, 1.82) is 0 Å². The Morgan fingerprint density at radius 1 is 0.625 bits per heavy atom. The number of rotatable bonds is 9. The van der Waals surface area contributed by atoms with Gasteiger partial charge in [0.2, 0.25) is 0 Å². The number of ether oxygens (including phenoxy) is 3. The minimum atomic E-state index is -0.791. The van der Waals surface area contributed by atoms with Crippen molar-refractivity contribution in [2.75, 3.05) is 6.54 Å². The average molecular weight is 432 g/mol. The van der Waals surface area contributed by atoms with E-state index in [1.807, 2.05) is 91.0 Å². The van der Waals surface area contributed by atoms with Gasteiger partial charge in [0.25, 0.3) is 0 Å². The standard InChI is InChI=1S/C27H29NO4/c29-24-16-28-17-25(30-18-21-10-4-1-5-11-21)27(32-20-23-14-8-3-9-15-23)26(24)31-19-22-12-6-2-7-13-22/h1-15,17,24-27,29H,16,18-20H2/t24-,25+,26-,27-/m1/s1. The second-order valence-corrected chi connectivity index (χ2v) is 7.87. The first-order chi connectivity index (χ1) is 15.8. The van der Waals surface area contributed by atoms with E-state index in [4.69, 9.17) is 14.2 Å². The molecule has 0 unspecified atom stereocenters. The Bertz CT molecular complexity index is 949. The molecular weight excluding hydrogens is 402 g/mol. The van der Waals surface area contributed by atoms with Crippen molar-refractivity contribution < 1.29 is 19.3 Å². The third-order valence-corrected chi connectivity index (χ3v) is 5.43. The number of aliphatic hydroxyl groups excluding tert-OH is 1. The fourth-order valence-electron chi connectivity index (χ4n) is 3.70. The molecule has 3 aromatic carbocycles. The van der Waals surface area contributed by atoms with Gasteiger partial charge in [0.15, 0.2) is 0 Å². The fraction of sp³-hybridized carbons (Fsp3) is 0.296. The van der Waals surface area contributed by atoms with Gasteiger partial charge in [0.05, 0.1) is 26.4 Å². The Morgan fingerprint density at radius 3 is 1.56 bits per heavy atom. The molecule has 0 amide bonds. The van der Waals surface area contributed by atoms with Crippen LogP contribution in [0.5, 0.6) is 0 Å². The zero-order valence-electron chi connectivity index (χ0n) is 18.0. The summed E-state index contributed by atoms with van der Waals surface area (Å²) in [5, 5.41) is 10.8. The van der Waals surface area contributed by atoms with Crippen LogP contribution in [0.2, 0.25) is 0 Å². The van der Waals surface area contributed by atoms with Crippen molar-refractivity contribution >= 4 is 6.21 Å². The van der Waals surface area contributed by atoms with Gasteiger partial charge in [-0.1, -0.05) is 91.0 Å². The molecule has 3 aromatic rings. The zero-order valence-corrected chi connectivity index (χ0v) is 18.0. The molecule has 1 aliphatic heterocycles. The van der Waals surface area contributed by atoms with Gasteiger partial charge in [-0.25, -0.2) is 0 Å². The fourth-order valence-corrected chi connectivity index (χ4v) is 3.70. The van der Waals surface area contributed by atoms with E-state index in [1.54, 1.807) is 6.21 Å².